The van der Waals surface area contributed by atoms with Crippen LogP contribution in [-0.4, -0.2) is 29.2 Å². The Hall–Kier alpha value is -2.70. The number of benzene rings is 2. The van der Waals surface area contributed by atoms with Crippen LogP contribution in [0.3, 0.4) is 0 Å². The average molecular weight is 428 g/mol. The van der Waals surface area contributed by atoms with Gasteiger partial charge in [-0.25, -0.2) is 4.79 Å². The molecular weight excluding hydrogens is 394 g/mol. The molecular formula is C25H33NO5. The van der Waals surface area contributed by atoms with Crippen LogP contribution in [0.25, 0.3) is 0 Å². The number of ether oxygens (including phenoxy) is 1. The first-order chi connectivity index (χ1) is 14.3. The molecule has 6 heteroatoms. The van der Waals surface area contributed by atoms with E-state index in [0.717, 1.165) is 11.1 Å². The molecule has 2 rings (SSSR count). The summed E-state index contributed by atoms with van der Waals surface area (Å²) in [5.74, 6) is -0.575. The Balaban J connectivity index is 2.18. The Labute approximate surface area is 184 Å². The largest absolute Gasteiger partial charge is 0.400 e. The summed E-state index contributed by atoms with van der Waals surface area (Å²) in [6.07, 6.45) is -1.28. The molecule has 0 spiro atoms. The lowest BCUT2D eigenvalue weighted by Gasteiger charge is -2.26. The molecule has 0 fully saturated rings. The second-order valence-electron chi connectivity index (χ2n) is 9.75. The quantitative estimate of drug-likeness (QED) is 0.303. The van der Waals surface area contributed by atoms with E-state index >= 15 is 0 Å². The Kier molecular flexibility index (Phi) is 7.63. The number of oxime groups is 1. The minimum atomic E-state index is -0.648. The van der Waals surface area contributed by atoms with Crippen molar-refractivity contribution in [3.63, 3.8) is 0 Å². The van der Waals surface area contributed by atoms with Gasteiger partial charge in [0.2, 0.25) is 0 Å². The predicted molar refractivity (Wildman–Crippen MR) is 121 cm³/mol. The van der Waals surface area contributed by atoms with E-state index in [1.165, 1.54) is 7.11 Å². The zero-order valence-electron chi connectivity index (χ0n) is 19.3. The van der Waals surface area contributed by atoms with Crippen LogP contribution in [0.5, 0.6) is 0 Å². The summed E-state index contributed by atoms with van der Waals surface area (Å²) in [6.45, 7) is 11.7. The predicted octanol–water partition coefficient (Wildman–Crippen LogP) is 5.01. The van der Waals surface area contributed by atoms with Gasteiger partial charge in [0.05, 0.1) is 17.8 Å². The van der Waals surface area contributed by atoms with E-state index in [2.05, 4.69) is 5.16 Å². The standard InChI is InChI=1S/C25H33NO5/c1-24(2,3)20(27)16-8-12-18(13-9-16)22(26-30-7)31-23(29)19-14-10-17(11-15-19)21(28)25(4,5)6/h8-15,20-21,27-28H,1-7H3/b26-22-/t20-,21-/m0/s1. The molecule has 0 aromatic heterocycles. The van der Waals surface area contributed by atoms with Crippen LogP contribution >= 0.6 is 0 Å². The van der Waals surface area contributed by atoms with E-state index in [0.29, 0.717) is 11.1 Å². The number of hydrogen-bond acceptors (Lipinski definition) is 6. The summed E-state index contributed by atoms with van der Waals surface area (Å²) in [5.41, 5.74) is 1.74. The molecule has 2 N–H and O–H groups in total. The third-order valence-electron chi connectivity index (χ3n) is 4.94. The van der Waals surface area contributed by atoms with Crippen molar-refractivity contribution in [1.82, 2.24) is 0 Å². The van der Waals surface area contributed by atoms with Crippen molar-refractivity contribution in [3.05, 3.63) is 70.8 Å². The number of aliphatic hydroxyl groups is 2. The summed E-state index contributed by atoms with van der Waals surface area (Å²) >= 11 is 0. The molecule has 0 aliphatic heterocycles. The van der Waals surface area contributed by atoms with Crippen LogP contribution in [0.4, 0.5) is 0 Å². The van der Waals surface area contributed by atoms with Gasteiger partial charge in [0.25, 0.3) is 5.90 Å². The zero-order valence-corrected chi connectivity index (χ0v) is 19.3. The molecule has 2 aromatic carbocycles. The summed E-state index contributed by atoms with van der Waals surface area (Å²) in [5, 5.41) is 24.7. The zero-order chi connectivity index (χ0) is 23.4. The summed E-state index contributed by atoms with van der Waals surface area (Å²) in [4.78, 5) is 17.5. The molecule has 0 unspecified atom stereocenters. The van der Waals surface area contributed by atoms with E-state index in [-0.39, 0.29) is 16.7 Å². The van der Waals surface area contributed by atoms with Crippen molar-refractivity contribution >= 4 is 11.9 Å². The van der Waals surface area contributed by atoms with Crippen LogP contribution < -0.4 is 0 Å². The highest BCUT2D eigenvalue weighted by molar-refractivity contribution is 6.04. The Morgan fingerprint density at radius 3 is 1.52 bits per heavy atom. The smallest absolute Gasteiger partial charge is 0.344 e. The molecule has 0 amide bonds. The number of esters is 1. The molecule has 0 aliphatic rings. The Morgan fingerprint density at radius 2 is 1.16 bits per heavy atom. The molecule has 6 nitrogen and oxygen atoms in total. The molecule has 0 saturated carbocycles. The van der Waals surface area contributed by atoms with E-state index in [9.17, 15) is 15.0 Å². The lowest BCUT2D eigenvalue weighted by molar-refractivity contribution is 0.0624. The van der Waals surface area contributed by atoms with Crippen molar-refractivity contribution in [2.75, 3.05) is 7.11 Å². The minimum absolute atomic E-state index is 0.0168. The molecule has 0 aliphatic carbocycles. The van der Waals surface area contributed by atoms with Gasteiger partial charge in [-0.2, -0.15) is 0 Å². The number of nitrogens with zero attached hydrogens (tertiary/aromatic N) is 1. The summed E-state index contributed by atoms with van der Waals surface area (Å²) in [6, 6.07) is 13.6. The van der Waals surface area contributed by atoms with Gasteiger partial charge in [0.15, 0.2) is 0 Å². The van der Waals surface area contributed by atoms with Gasteiger partial charge in [-0.1, -0.05) is 65.8 Å². The SMILES string of the molecule is CO/N=C(\OC(=O)c1ccc([C@H](O)C(C)(C)C)cc1)c1ccc([C@H](O)C(C)(C)C)cc1. The molecule has 0 heterocycles. The fourth-order valence-corrected chi connectivity index (χ4v) is 2.97. The van der Waals surface area contributed by atoms with Crippen molar-refractivity contribution < 1.29 is 24.6 Å². The Bertz CT molecular complexity index is 903. The average Bonchev–Trinajstić information content (AvgIpc) is 2.71. The van der Waals surface area contributed by atoms with E-state index < -0.39 is 18.2 Å². The molecule has 0 radical (unpaired) electrons. The van der Waals surface area contributed by atoms with Crippen LogP contribution in [0, 0.1) is 10.8 Å². The molecule has 0 bridgehead atoms. The van der Waals surface area contributed by atoms with Crippen molar-refractivity contribution in [2.24, 2.45) is 16.0 Å². The lowest BCUT2D eigenvalue weighted by atomic mass is 9.84. The third-order valence-corrected chi connectivity index (χ3v) is 4.94. The van der Waals surface area contributed by atoms with Crippen molar-refractivity contribution in [2.45, 2.75) is 53.8 Å². The van der Waals surface area contributed by atoms with Crippen molar-refractivity contribution in [3.8, 4) is 0 Å². The topological polar surface area (TPSA) is 88.4 Å². The van der Waals surface area contributed by atoms with Gasteiger partial charge >= 0.3 is 5.97 Å². The van der Waals surface area contributed by atoms with Crippen LogP contribution in [0.2, 0.25) is 0 Å². The van der Waals surface area contributed by atoms with Crippen LogP contribution in [-0.2, 0) is 9.57 Å². The summed E-state index contributed by atoms with van der Waals surface area (Å²) in [7, 11) is 1.37. The van der Waals surface area contributed by atoms with E-state index in [1.54, 1.807) is 48.5 Å². The second-order valence-corrected chi connectivity index (χ2v) is 9.75. The second kappa shape index (κ2) is 9.62. The van der Waals surface area contributed by atoms with Gasteiger partial charge in [-0.05, 0) is 51.4 Å². The van der Waals surface area contributed by atoms with Gasteiger partial charge < -0.3 is 19.8 Å². The maximum atomic E-state index is 12.6. The van der Waals surface area contributed by atoms with E-state index in [1.807, 2.05) is 41.5 Å². The molecule has 31 heavy (non-hydrogen) atoms. The van der Waals surface area contributed by atoms with Crippen LogP contribution in [0.15, 0.2) is 53.7 Å². The molecule has 2 atom stereocenters. The van der Waals surface area contributed by atoms with Gasteiger partial charge in [0.1, 0.15) is 7.11 Å². The number of hydrogen-bond donors (Lipinski definition) is 2. The van der Waals surface area contributed by atoms with Gasteiger partial charge in [-0.15, -0.1) is 0 Å². The number of aliphatic hydroxyl groups excluding tert-OH is 2. The molecule has 2 aromatic rings. The molecule has 0 saturated heterocycles. The maximum absolute atomic E-state index is 12.6. The first-order valence-corrected chi connectivity index (χ1v) is 10.2. The molecule has 168 valence electrons. The van der Waals surface area contributed by atoms with E-state index in [4.69, 9.17) is 9.57 Å². The summed E-state index contributed by atoms with van der Waals surface area (Å²) < 4.78 is 5.46. The van der Waals surface area contributed by atoms with Gasteiger partial charge in [0, 0.05) is 5.56 Å². The minimum Gasteiger partial charge on any atom is -0.400 e. The van der Waals surface area contributed by atoms with Crippen molar-refractivity contribution in [1.29, 1.82) is 0 Å². The fraction of sp³-hybridized carbons (Fsp3) is 0.440. The number of rotatable bonds is 5. The first kappa shape index (κ1) is 24.6. The highest BCUT2D eigenvalue weighted by Crippen LogP contribution is 2.33. The van der Waals surface area contributed by atoms with Gasteiger partial charge in [-0.3, -0.25) is 0 Å². The highest BCUT2D eigenvalue weighted by atomic mass is 16.6. The first-order valence-electron chi connectivity index (χ1n) is 10.2. The highest BCUT2D eigenvalue weighted by Gasteiger charge is 2.25. The van der Waals surface area contributed by atoms with Crippen LogP contribution in [0.1, 0.15) is 80.8 Å². The fourth-order valence-electron chi connectivity index (χ4n) is 2.97. The number of carbonyl (C=O) groups is 1. The normalized spacial score (nSPS) is 14.7. The maximum Gasteiger partial charge on any atom is 0.344 e. The third kappa shape index (κ3) is 6.39. The Morgan fingerprint density at radius 1 is 0.774 bits per heavy atom. The lowest BCUT2D eigenvalue weighted by Crippen LogP contribution is -2.19. The number of carbonyl (C=O) groups excluding carboxylic acids is 1. The monoisotopic (exact) mass is 427 g/mol.